The van der Waals surface area contributed by atoms with E-state index >= 15 is 0 Å². The van der Waals surface area contributed by atoms with Crippen molar-refractivity contribution in [3.8, 4) is 0 Å². The molecule has 6 amide bonds. The number of hydrogen-bond donors (Lipinski definition) is 9. The molecule has 0 aliphatic carbocycles. The number of carboxylic acids is 1. The molecule has 1 aromatic heterocycles. The van der Waals surface area contributed by atoms with E-state index in [0.717, 1.165) is 17.8 Å². The highest BCUT2D eigenvalue weighted by molar-refractivity contribution is 7.98. The Hall–Kier alpha value is -5.95. The Kier molecular flexibility index (Phi) is 17.3. The summed E-state index contributed by atoms with van der Waals surface area (Å²) < 4.78 is 4.93. The predicted octanol–water partition coefficient (Wildman–Crippen LogP) is -0.999. The lowest BCUT2D eigenvalue weighted by Gasteiger charge is -2.26. The monoisotopic (exact) mass is 796 g/mol. The van der Waals surface area contributed by atoms with Gasteiger partial charge in [0.05, 0.1) is 13.0 Å². The van der Waals surface area contributed by atoms with Crippen LogP contribution in [0.4, 0.5) is 0 Å². The number of nitrogens with one attached hydrogen (secondary N) is 6. The van der Waals surface area contributed by atoms with Crippen molar-refractivity contribution in [2.24, 2.45) is 11.5 Å². The number of aromatic amines is 1. The van der Waals surface area contributed by atoms with Gasteiger partial charge in [-0.1, -0.05) is 48.5 Å². The van der Waals surface area contributed by atoms with Crippen molar-refractivity contribution < 1.29 is 48.2 Å². The number of aliphatic carboxylic acids is 1. The number of primary amides is 1. The van der Waals surface area contributed by atoms with Gasteiger partial charge in [0.15, 0.2) is 0 Å². The third kappa shape index (κ3) is 14.0. The zero-order valence-electron chi connectivity index (χ0n) is 31.2. The quantitative estimate of drug-likeness (QED) is 0.0554. The summed E-state index contributed by atoms with van der Waals surface area (Å²) in [6.45, 7) is 1.97. The lowest BCUT2D eigenvalue weighted by atomic mass is 10.0. The molecule has 0 spiro atoms. The number of para-hydroxylation sites is 1. The number of ether oxygens (including phenoxy) is 1. The molecular weight excluding hydrogens is 749 g/mol. The van der Waals surface area contributed by atoms with E-state index < -0.39 is 96.7 Å². The van der Waals surface area contributed by atoms with Crippen LogP contribution in [0.1, 0.15) is 37.8 Å². The third-order valence-electron chi connectivity index (χ3n) is 8.53. The van der Waals surface area contributed by atoms with E-state index in [1.54, 1.807) is 48.9 Å². The number of thioether (sulfide) groups is 1. The Bertz CT molecular complexity index is 1870. The number of rotatable bonds is 22. The largest absolute Gasteiger partial charge is 0.481 e. The van der Waals surface area contributed by atoms with Crippen LogP contribution in [0.3, 0.4) is 0 Å². The molecule has 2 aromatic carbocycles. The summed E-state index contributed by atoms with van der Waals surface area (Å²) in [6.07, 6.45) is 1.58. The Morgan fingerprint density at radius 1 is 0.804 bits per heavy atom. The fraction of sp³-hybridized carbons (Fsp3) is 0.405. The first-order valence-corrected chi connectivity index (χ1v) is 19.0. The van der Waals surface area contributed by atoms with Crippen molar-refractivity contribution in [1.82, 2.24) is 31.6 Å². The van der Waals surface area contributed by atoms with Crippen LogP contribution in [-0.2, 0) is 55.9 Å². The molecule has 302 valence electrons. The average molecular weight is 797 g/mol. The average Bonchev–Trinajstić information content (AvgIpc) is 3.56. The number of nitrogens with two attached hydrogens (primary N) is 2. The molecule has 0 fully saturated rings. The van der Waals surface area contributed by atoms with E-state index in [9.17, 15) is 43.5 Å². The molecule has 0 unspecified atom stereocenters. The van der Waals surface area contributed by atoms with Crippen molar-refractivity contribution in [2.45, 2.75) is 75.8 Å². The van der Waals surface area contributed by atoms with E-state index in [1.807, 2.05) is 18.2 Å². The molecule has 0 radical (unpaired) electrons. The third-order valence-corrected chi connectivity index (χ3v) is 9.18. The number of amides is 6. The lowest BCUT2D eigenvalue weighted by molar-refractivity contribution is -0.148. The maximum atomic E-state index is 13.9. The van der Waals surface area contributed by atoms with Gasteiger partial charge in [0, 0.05) is 36.9 Å². The fourth-order valence-electron chi connectivity index (χ4n) is 5.59. The van der Waals surface area contributed by atoms with Crippen LogP contribution in [0.5, 0.6) is 0 Å². The minimum absolute atomic E-state index is 0.00941. The summed E-state index contributed by atoms with van der Waals surface area (Å²) >= 11 is 1.36. The SMILES string of the molecule is CSCC[C@H](NC(=O)[C@H](Cc1c[nH]c2ccccc12)NC(=O)CNC(=O)[C@@H](N)[C@@H](C)OC(C)=O)C(=O)N[C@@H](CC(=O)O)C(=O)N[C@@H](Cc1ccccc1)C(N)=O. The number of carbonyl (C=O) groups excluding carboxylic acids is 7. The van der Waals surface area contributed by atoms with Crippen molar-refractivity contribution in [1.29, 1.82) is 0 Å². The maximum absolute atomic E-state index is 13.9. The van der Waals surface area contributed by atoms with E-state index in [2.05, 4.69) is 31.6 Å². The van der Waals surface area contributed by atoms with Gasteiger partial charge in [-0.3, -0.25) is 38.4 Å². The number of carboxylic acid groups (broad SMARTS) is 1. The number of carbonyl (C=O) groups is 8. The summed E-state index contributed by atoms with van der Waals surface area (Å²) in [5.41, 5.74) is 13.5. The Balaban J connectivity index is 1.81. The number of esters is 1. The van der Waals surface area contributed by atoms with Crippen LogP contribution in [0.2, 0.25) is 0 Å². The Morgan fingerprint density at radius 2 is 1.41 bits per heavy atom. The molecule has 3 aromatic rings. The van der Waals surface area contributed by atoms with Gasteiger partial charge in [-0.25, -0.2) is 0 Å². The van der Waals surface area contributed by atoms with Gasteiger partial charge in [0.2, 0.25) is 35.4 Å². The zero-order valence-corrected chi connectivity index (χ0v) is 32.0. The molecule has 6 atom stereocenters. The van der Waals surface area contributed by atoms with Gasteiger partial charge in [-0.2, -0.15) is 11.8 Å². The molecule has 0 saturated heterocycles. The number of fused-ring (bicyclic) bond motifs is 1. The van der Waals surface area contributed by atoms with Crippen molar-refractivity contribution >= 4 is 70.0 Å². The summed E-state index contributed by atoms with van der Waals surface area (Å²) in [7, 11) is 0. The minimum Gasteiger partial charge on any atom is -0.481 e. The van der Waals surface area contributed by atoms with E-state index in [-0.39, 0.29) is 19.3 Å². The van der Waals surface area contributed by atoms with Gasteiger partial charge in [-0.05, 0) is 42.5 Å². The standard InChI is InChI=1S/C37H48N8O10S/c1-20(55-21(2)46)32(38)37(54)41-19-30(47)42-28(16-23-18-40-25-12-8-7-11-24(23)25)35(52)43-26(13-14-56-3)34(51)45-29(17-31(48)49)36(53)44-27(33(39)50)15-22-9-5-4-6-10-22/h4-12,18,20,26-29,32,40H,13-17,19,38H2,1-3H3,(H2,39,50)(H,41,54)(H,42,47)(H,43,52)(H,44,53)(H,45,51)(H,48,49)/t20-,26+,27+,28+,29+,32+/m1/s1. The van der Waals surface area contributed by atoms with Crippen LogP contribution >= 0.6 is 11.8 Å². The molecule has 18 nitrogen and oxygen atoms in total. The van der Waals surface area contributed by atoms with Gasteiger partial charge < -0.3 is 52.9 Å². The predicted molar refractivity (Wildman–Crippen MR) is 207 cm³/mol. The maximum Gasteiger partial charge on any atom is 0.305 e. The molecule has 1 heterocycles. The summed E-state index contributed by atoms with van der Waals surface area (Å²) in [6, 6.07) is 9.11. The molecule has 0 aliphatic heterocycles. The normalized spacial score (nSPS) is 14.1. The molecule has 0 bridgehead atoms. The highest BCUT2D eigenvalue weighted by Gasteiger charge is 2.33. The van der Waals surface area contributed by atoms with Crippen molar-refractivity contribution in [2.75, 3.05) is 18.6 Å². The van der Waals surface area contributed by atoms with E-state index in [4.69, 9.17) is 16.2 Å². The number of aromatic nitrogens is 1. The topological polar surface area (TPSA) is 294 Å². The van der Waals surface area contributed by atoms with Crippen molar-refractivity contribution in [3.05, 3.63) is 71.9 Å². The minimum atomic E-state index is -1.66. The molecule has 0 saturated carbocycles. The first-order valence-electron chi connectivity index (χ1n) is 17.6. The second-order valence-electron chi connectivity index (χ2n) is 12.9. The van der Waals surface area contributed by atoms with Gasteiger partial charge >= 0.3 is 11.9 Å². The Morgan fingerprint density at radius 3 is 2.05 bits per heavy atom. The first-order chi connectivity index (χ1) is 26.6. The molecule has 19 heteroatoms. The Labute approximate surface area is 327 Å². The van der Waals surface area contributed by atoms with Crippen LogP contribution < -0.4 is 38.1 Å². The fourth-order valence-corrected chi connectivity index (χ4v) is 6.06. The van der Waals surface area contributed by atoms with Crippen LogP contribution in [-0.4, -0.2) is 112 Å². The lowest BCUT2D eigenvalue weighted by Crippen LogP contribution is -2.59. The summed E-state index contributed by atoms with van der Waals surface area (Å²) in [5.74, 6) is -6.85. The van der Waals surface area contributed by atoms with Gasteiger partial charge in [0.25, 0.3) is 0 Å². The molecule has 3 rings (SSSR count). The second kappa shape index (κ2) is 21.8. The molecule has 56 heavy (non-hydrogen) atoms. The van der Waals surface area contributed by atoms with E-state index in [1.165, 1.54) is 18.7 Å². The first kappa shape index (κ1) is 44.4. The zero-order chi connectivity index (χ0) is 41.4. The number of hydrogen-bond acceptors (Lipinski definition) is 11. The molecule has 11 N–H and O–H groups in total. The van der Waals surface area contributed by atoms with Crippen molar-refractivity contribution in [3.63, 3.8) is 0 Å². The van der Waals surface area contributed by atoms with Crippen LogP contribution in [0.25, 0.3) is 10.9 Å². The van der Waals surface area contributed by atoms with Crippen LogP contribution in [0, 0.1) is 0 Å². The molecular formula is C37H48N8O10S. The highest BCUT2D eigenvalue weighted by atomic mass is 32.2. The van der Waals surface area contributed by atoms with Gasteiger partial charge in [-0.15, -0.1) is 0 Å². The summed E-state index contributed by atoms with van der Waals surface area (Å²) in [4.78, 5) is 105. The van der Waals surface area contributed by atoms with E-state index in [0.29, 0.717) is 16.9 Å². The summed E-state index contributed by atoms with van der Waals surface area (Å²) in [5, 5.41) is 22.7. The van der Waals surface area contributed by atoms with Crippen LogP contribution in [0.15, 0.2) is 60.8 Å². The van der Waals surface area contributed by atoms with Gasteiger partial charge in [0.1, 0.15) is 36.3 Å². The smallest absolute Gasteiger partial charge is 0.305 e. The number of H-pyrrole nitrogens is 1. The molecule has 0 aliphatic rings. The highest BCUT2D eigenvalue weighted by Crippen LogP contribution is 2.19. The second-order valence-corrected chi connectivity index (χ2v) is 13.9. The number of benzene rings is 2.